The minimum Gasteiger partial charge on any atom is -0.390 e. The summed E-state index contributed by atoms with van der Waals surface area (Å²) in [5, 5.41) is 40.1. The summed E-state index contributed by atoms with van der Waals surface area (Å²) in [4.78, 5) is 32.4. The molecule has 376 valence electrons. The molecule has 10 rings (SSSR count). The number of benzene rings is 2. The normalized spacial score (nSPS) is 23.1. The van der Waals surface area contributed by atoms with Gasteiger partial charge >= 0.3 is 0 Å². The van der Waals surface area contributed by atoms with E-state index in [9.17, 15) is 20.7 Å². The zero-order chi connectivity index (χ0) is 50.5. The Morgan fingerprint density at radius 3 is 1.38 bits per heavy atom. The smallest absolute Gasteiger partial charge is 0.101 e. The van der Waals surface area contributed by atoms with Gasteiger partial charge in [-0.15, -0.1) is 0 Å². The Hall–Kier alpha value is -6.50. The number of nitrogens with zero attached hydrogens (tertiary/aromatic N) is 12. The van der Waals surface area contributed by atoms with Crippen molar-refractivity contribution in [1.82, 2.24) is 29.7 Å². The average molecular weight is 973 g/mol. The molecule has 6 atom stereocenters. The standard InChI is InChI=1S/2C28H34N6O2/c2*1-19-11-24(12-23(18-35)31-19)33-10-9-32(20(2)14-33)16-25-17-34(15-21(3)36-25)27-7-6-22(13-29)28-26(27)5-4-8-30-28/h2*4-8,11-12,20-21,25,35H,9-10,14-18H2,1-3H3/t20-,21+,25-;20-,21-,25+/m01/s1. The molecule has 0 spiro atoms. The lowest BCUT2D eigenvalue weighted by molar-refractivity contribution is -0.0383. The molecule has 4 aliphatic rings. The molecule has 0 amide bonds. The van der Waals surface area contributed by atoms with Gasteiger partial charge in [0.15, 0.2) is 0 Å². The molecule has 4 saturated heterocycles. The van der Waals surface area contributed by atoms with E-state index in [0.717, 1.165) is 146 Å². The highest BCUT2D eigenvalue weighted by Crippen LogP contribution is 2.33. The lowest BCUT2D eigenvalue weighted by Gasteiger charge is -2.45. The molecular weight excluding hydrogens is 905 g/mol. The number of aromatic nitrogens is 4. The zero-order valence-electron chi connectivity index (χ0n) is 42.5. The summed E-state index contributed by atoms with van der Waals surface area (Å²) in [6.45, 7) is 23.3. The molecule has 2 aromatic carbocycles. The predicted molar refractivity (Wildman–Crippen MR) is 282 cm³/mol. The minimum absolute atomic E-state index is 0.0392. The van der Waals surface area contributed by atoms with Crippen LogP contribution in [-0.4, -0.2) is 155 Å². The summed E-state index contributed by atoms with van der Waals surface area (Å²) in [5.74, 6) is 0. The first-order chi connectivity index (χ1) is 34.9. The van der Waals surface area contributed by atoms with Crippen LogP contribution in [0.2, 0.25) is 0 Å². The molecule has 8 heterocycles. The molecule has 0 unspecified atom stereocenters. The molecule has 2 N–H and O–H groups in total. The van der Waals surface area contributed by atoms with Crippen LogP contribution in [0.3, 0.4) is 0 Å². The van der Waals surface area contributed by atoms with E-state index in [1.807, 2.05) is 50.2 Å². The van der Waals surface area contributed by atoms with Gasteiger partial charge in [-0.1, -0.05) is 0 Å². The third-order valence-corrected chi connectivity index (χ3v) is 14.5. The van der Waals surface area contributed by atoms with Crippen molar-refractivity contribution in [3.63, 3.8) is 0 Å². The van der Waals surface area contributed by atoms with Crippen molar-refractivity contribution >= 4 is 44.6 Å². The molecule has 16 heteroatoms. The number of morpholine rings is 2. The van der Waals surface area contributed by atoms with Crippen LogP contribution in [0.1, 0.15) is 61.6 Å². The number of aliphatic hydroxyl groups excluding tert-OH is 2. The first kappa shape index (κ1) is 50.4. The third kappa shape index (κ3) is 11.4. The van der Waals surface area contributed by atoms with Crippen LogP contribution in [0.15, 0.2) is 85.2 Å². The fourth-order valence-corrected chi connectivity index (χ4v) is 11.2. The van der Waals surface area contributed by atoms with E-state index in [-0.39, 0.29) is 37.6 Å². The lowest BCUT2D eigenvalue weighted by atomic mass is 10.1. The fourth-order valence-electron chi connectivity index (χ4n) is 11.2. The number of fused-ring (bicyclic) bond motifs is 2. The van der Waals surface area contributed by atoms with E-state index >= 15 is 0 Å². The van der Waals surface area contributed by atoms with Crippen molar-refractivity contribution in [3.05, 3.63) is 119 Å². The van der Waals surface area contributed by atoms with Crippen molar-refractivity contribution in [3.8, 4) is 12.1 Å². The van der Waals surface area contributed by atoms with Crippen molar-refractivity contribution in [1.29, 1.82) is 10.5 Å². The maximum Gasteiger partial charge on any atom is 0.101 e. The van der Waals surface area contributed by atoms with Crippen LogP contribution in [0, 0.1) is 36.5 Å². The van der Waals surface area contributed by atoms with Gasteiger partial charge in [0.25, 0.3) is 0 Å². The molecule has 4 fully saturated rings. The summed E-state index contributed by atoms with van der Waals surface area (Å²) in [5.41, 5.74) is 10.5. The highest BCUT2D eigenvalue weighted by atomic mass is 16.5. The van der Waals surface area contributed by atoms with Crippen LogP contribution in [-0.2, 0) is 22.7 Å². The van der Waals surface area contributed by atoms with Crippen LogP contribution in [0.25, 0.3) is 21.8 Å². The monoisotopic (exact) mass is 973 g/mol. The summed E-state index contributed by atoms with van der Waals surface area (Å²) in [7, 11) is 0. The van der Waals surface area contributed by atoms with Gasteiger partial charge in [0.1, 0.15) is 12.1 Å². The van der Waals surface area contributed by atoms with Crippen molar-refractivity contribution in [2.75, 3.05) is 98.1 Å². The predicted octanol–water partition coefficient (Wildman–Crippen LogP) is 6.21. The number of rotatable bonds is 10. The number of aliphatic hydroxyl groups is 2. The maximum atomic E-state index is 9.55. The Kier molecular flexibility index (Phi) is 15.8. The largest absolute Gasteiger partial charge is 0.390 e. The second-order valence-corrected chi connectivity index (χ2v) is 20.0. The van der Waals surface area contributed by atoms with Gasteiger partial charge in [0.2, 0.25) is 0 Å². The van der Waals surface area contributed by atoms with E-state index in [1.54, 1.807) is 12.4 Å². The van der Waals surface area contributed by atoms with Crippen LogP contribution >= 0.6 is 0 Å². The first-order valence-corrected chi connectivity index (χ1v) is 25.4. The van der Waals surface area contributed by atoms with Crippen molar-refractivity contribution < 1.29 is 19.7 Å². The summed E-state index contributed by atoms with van der Waals surface area (Å²) in [6.07, 6.45) is 3.90. The highest BCUT2D eigenvalue weighted by molar-refractivity contribution is 5.96. The molecule has 72 heavy (non-hydrogen) atoms. The molecule has 4 aromatic heterocycles. The Bertz CT molecular complexity index is 2750. The molecule has 4 aliphatic heterocycles. The topological polar surface area (TPSA) is 177 Å². The highest BCUT2D eigenvalue weighted by Gasteiger charge is 2.34. The molecule has 0 aliphatic carbocycles. The quantitative estimate of drug-likeness (QED) is 0.158. The van der Waals surface area contributed by atoms with Gasteiger partial charge in [0.05, 0.1) is 71.2 Å². The zero-order valence-corrected chi connectivity index (χ0v) is 42.5. The molecule has 0 saturated carbocycles. The summed E-state index contributed by atoms with van der Waals surface area (Å²) < 4.78 is 12.8. The van der Waals surface area contributed by atoms with E-state index < -0.39 is 0 Å². The second-order valence-electron chi connectivity index (χ2n) is 20.0. The molecule has 0 radical (unpaired) electrons. The number of aryl methyl sites for hydroxylation is 2. The number of pyridine rings is 4. The van der Waals surface area contributed by atoms with Crippen LogP contribution in [0.5, 0.6) is 0 Å². The number of anilines is 4. The summed E-state index contributed by atoms with van der Waals surface area (Å²) >= 11 is 0. The SMILES string of the molecule is Cc1cc(N2CCN(C[C@H]3CN(c4ccc(C#N)c5ncccc45)C[C@@H](C)O3)[C@@H](C)C2)cc(CO)n1.Cc1cc(N2CCN(C[C@H]3CN(c4ccc(C#N)c5ncccc45)C[C@@H](C)O3)[C@H](C)C2)cc(CO)n1. The number of piperazine rings is 2. The number of hydrogen-bond acceptors (Lipinski definition) is 16. The van der Waals surface area contributed by atoms with E-state index in [0.29, 0.717) is 23.2 Å². The van der Waals surface area contributed by atoms with Crippen LogP contribution in [0.4, 0.5) is 22.7 Å². The van der Waals surface area contributed by atoms with Gasteiger partial charge in [-0.3, -0.25) is 29.7 Å². The molecule has 16 nitrogen and oxygen atoms in total. The van der Waals surface area contributed by atoms with E-state index in [1.165, 1.54) is 0 Å². The third-order valence-electron chi connectivity index (χ3n) is 14.5. The van der Waals surface area contributed by atoms with Gasteiger partial charge in [-0.05, 0) is 114 Å². The number of ether oxygens (including phenoxy) is 2. The Morgan fingerprint density at radius 1 is 0.556 bits per heavy atom. The fraction of sp³-hybridized carbons (Fsp3) is 0.464. The van der Waals surface area contributed by atoms with Gasteiger partial charge < -0.3 is 39.3 Å². The lowest BCUT2D eigenvalue weighted by Crippen LogP contribution is -2.57. The van der Waals surface area contributed by atoms with Gasteiger partial charge in [-0.2, -0.15) is 10.5 Å². The maximum absolute atomic E-state index is 9.55. The van der Waals surface area contributed by atoms with Crippen molar-refractivity contribution in [2.24, 2.45) is 0 Å². The van der Waals surface area contributed by atoms with Crippen LogP contribution < -0.4 is 19.6 Å². The second kappa shape index (κ2) is 22.5. The van der Waals surface area contributed by atoms with E-state index in [4.69, 9.17) is 9.47 Å². The Labute approximate surface area is 423 Å². The molecule has 6 aromatic rings. The van der Waals surface area contributed by atoms with Gasteiger partial charge in [0, 0.05) is 148 Å². The molecular formula is C56H68N12O4. The van der Waals surface area contributed by atoms with Gasteiger partial charge in [-0.25, -0.2) is 0 Å². The Balaban J connectivity index is 0.000000178. The minimum atomic E-state index is -0.0392. The first-order valence-electron chi connectivity index (χ1n) is 25.4. The number of nitriles is 2. The average Bonchev–Trinajstić information content (AvgIpc) is 3.38. The summed E-state index contributed by atoms with van der Waals surface area (Å²) in [6, 6.07) is 29.3. The number of hydrogen-bond donors (Lipinski definition) is 2. The van der Waals surface area contributed by atoms with Crippen molar-refractivity contribution in [2.45, 2.75) is 91.3 Å². The van der Waals surface area contributed by atoms with E-state index in [2.05, 4.69) is 126 Å². The molecule has 0 bridgehead atoms. The Morgan fingerprint density at radius 2 is 0.986 bits per heavy atom.